The predicted molar refractivity (Wildman–Crippen MR) is 68.8 cm³/mol. The number of hydrogen-bond donors (Lipinski definition) is 0. The van der Waals surface area contributed by atoms with Gasteiger partial charge in [0.15, 0.2) is 11.2 Å². The van der Waals surface area contributed by atoms with E-state index in [1.54, 1.807) is 6.20 Å². The van der Waals surface area contributed by atoms with Crippen molar-refractivity contribution in [2.75, 3.05) is 0 Å². The molecule has 0 bridgehead atoms. The molecule has 0 amide bonds. The third-order valence-corrected chi connectivity index (χ3v) is 2.89. The molecule has 0 atom stereocenters. The van der Waals surface area contributed by atoms with E-state index < -0.39 is 0 Å². The van der Waals surface area contributed by atoms with Crippen LogP contribution in [-0.4, -0.2) is 9.97 Å². The summed E-state index contributed by atoms with van der Waals surface area (Å²) in [6.07, 6.45) is 2.41. The smallest absolute Gasteiger partial charge is 0.201 e. The maximum Gasteiger partial charge on any atom is 0.201 e. The summed E-state index contributed by atoms with van der Waals surface area (Å²) < 4.78 is 6.54. The zero-order valence-electron chi connectivity index (χ0n) is 8.93. The van der Waals surface area contributed by atoms with E-state index in [-0.39, 0.29) is 0 Å². The molecule has 2 aromatic heterocycles. The van der Waals surface area contributed by atoms with Crippen molar-refractivity contribution < 1.29 is 4.42 Å². The Morgan fingerprint density at radius 2 is 2.00 bits per heavy atom. The molecule has 0 spiro atoms. The van der Waals surface area contributed by atoms with Crippen molar-refractivity contribution in [2.24, 2.45) is 0 Å². The van der Waals surface area contributed by atoms with Gasteiger partial charge in [-0.25, -0.2) is 4.98 Å². The van der Waals surface area contributed by atoms with Crippen molar-refractivity contribution >= 4 is 27.2 Å². The van der Waals surface area contributed by atoms with E-state index in [0.717, 1.165) is 4.47 Å². The third kappa shape index (κ3) is 2.22. The first kappa shape index (κ1) is 10.5. The molecule has 0 saturated heterocycles. The van der Waals surface area contributed by atoms with Crippen molar-refractivity contribution in [1.29, 1.82) is 0 Å². The van der Waals surface area contributed by atoms with Gasteiger partial charge >= 0.3 is 0 Å². The van der Waals surface area contributed by atoms with Gasteiger partial charge in [0, 0.05) is 23.2 Å². The van der Waals surface area contributed by atoms with Crippen molar-refractivity contribution in [3.8, 4) is 0 Å². The number of pyridine rings is 1. The van der Waals surface area contributed by atoms with Crippen LogP contribution in [0.2, 0.25) is 0 Å². The fourth-order valence-electron chi connectivity index (χ4n) is 1.69. The van der Waals surface area contributed by atoms with E-state index in [1.165, 1.54) is 5.56 Å². The van der Waals surface area contributed by atoms with E-state index in [9.17, 15) is 0 Å². The summed E-state index contributed by atoms with van der Waals surface area (Å²) in [4.78, 5) is 8.54. The summed E-state index contributed by atoms with van der Waals surface area (Å²) in [5.74, 6) is 0.691. The molecule has 3 aromatic rings. The van der Waals surface area contributed by atoms with Gasteiger partial charge in [-0.05, 0) is 21.5 Å². The Morgan fingerprint density at radius 3 is 2.82 bits per heavy atom. The van der Waals surface area contributed by atoms with E-state index in [4.69, 9.17) is 4.42 Å². The lowest BCUT2D eigenvalue weighted by Gasteiger charge is -1.94. The molecule has 0 aliphatic carbocycles. The maximum absolute atomic E-state index is 5.65. The Balaban J connectivity index is 1.96. The Labute approximate surface area is 107 Å². The molecule has 4 heteroatoms. The highest BCUT2D eigenvalue weighted by molar-refractivity contribution is 9.10. The number of halogens is 1. The molecule has 0 fully saturated rings. The molecule has 0 radical (unpaired) electrons. The Hall–Kier alpha value is -1.68. The fraction of sp³-hybridized carbons (Fsp3) is 0.0769. The van der Waals surface area contributed by atoms with Crippen molar-refractivity contribution in [1.82, 2.24) is 9.97 Å². The van der Waals surface area contributed by atoms with Crippen LogP contribution in [0.5, 0.6) is 0 Å². The average molecular weight is 289 g/mol. The Kier molecular flexibility index (Phi) is 2.65. The second-order valence-corrected chi connectivity index (χ2v) is 4.66. The minimum atomic E-state index is 0.652. The van der Waals surface area contributed by atoms with Gasteiger partial charge in [0.25, 0.3) is 0 Å². The SMILES string of the molecule is Brc1cnc2nc(Cc3ccccc3)oc2c1. The van der Waals surface area contributed by atoms with Gasteiger partial charge in [-0.3, -0.25) is 0 Å². The molecule has 2 heterocycles. The summed E-state index contributed by atoms with van der Waals surface area (Å²) in [5, 5.41) is 0. The van der Waals surface area contributed by atoms with Gasteiger partial charge < -0.3 is 4.42 Å². The van der Waals surface area contributed by atoms with E-state index in [2.05, 4.69) is 38.0 Å². The molecular formula is C13H9BrN2O. The second kappa shape index (κ2) is 4.30. The van der Waals surface area contributed by atoms with Crippen LogP contribution in [0.4, 0.5) is 0 Å². The topological polar surface area (TPSA) is 38.9 Å². The van der Waals surface area contributed by atoms with Crippen LogP contribution in [0.1, 0.15) is 11.5 Å². The first-order chi connectivity index (χ1) is 8.31. The number of nitrogens with zero attached hydrogens (tertiary/aromatic N) is 2. The van der Waals surface area contributed by atoms with E-state index >= 15 is 0 Å². The van der Waals surface area contributed by atoms with Gasteiger partial charge in [0.05, 0.1) is 0 Å². The van der Waals surface area contributed by atoms with Crippen molar-refractivity contribution in [2.45, 2.75) is 6.42 Å². The monoisotopic (exact) mass is 288 g/mol. The minimum absolute atomic E-state index is 0.652. The number of rotatable bonds is 2. The van der Waals surface area contributed by atoms with Gasteiger partial charge in [-0.1, -0.05) is 30.3 Å². The molecule has 0 unspecified atom stereocenters. The highest BCUT2D eigenvalue weighted by Crippen LogP contribution is 2.19. The van der Waals surface area contributed by atoms with Crippen molar-refractivity contribution in [3.05, 3.63) is 58.5 Å². The van der Waals surface area contributed by atoms with Crippen LogP contribution in [0, 0.1) is 0 Å². The zero-order valence-corrected chi connectivity index (χ0v) is 10.5. The zero-order chi connectivity index (χ0) is 11.7. The molecule has 3 nitrogen and oxygen atoms in total. The highest BCUT2D eigenvalue weighted by atomic mass is 79.9. The van der Waals surface area contributed by atoms with Crippen molar-refractivity contribution in [3.63, 3.8) is 0 Å². The first-order valence-electron chi connectivity index (χ1n) is 5.26. The number of fused-ring (bicyclic) bond motifs is 1. The number of oxazole rings is 1. The molecule has 3 rings (SSSR count). The standard InChI is InChI=1S/C13H9BrN2O/c14-10-7-11-13(15-8-10)16-12(17-11)6-9-4-2-1-3-5-9/h1-5,7-8H,6H2. The summed E-state index contributed by atoms with van der Waals surface area (Å²) >= 11 is 3.36. The lowest BCUT2D eigenvalue weighted by molar-refractivity contribution is 0.544. The quantitative estimate of drug-likeness (QED) is 0.724. The van der Waals surface area contributed by atoms with Gasteiger partial charge in [0.2, 0.25) is 5.89 Å². The molecule has 0 aliphatic heterocycles. The molecule has 84 valence electrons. The minimum Gasteiger partial charge on any atom is -0.439 e. The van der Waals surface area contributed by atoms with Gasteiger partial charge in [-0.2, -0.15) is 4.98 Å². The van der Waals surface area contributed by atoms with Crippen LogP contribution in [0.15, 0.2) is 51.5 Å². The molecule has 0 saturated carbocycles. The maximum atomic E-state index is 5.65. The van der Waals surface area contributed by atoms with E-state index in [1.807, 2.05) is 24.3 Å². The third-order valence-electron chi connectivity index (χ3n) is 2.46. The van der Waals surface area contributed by atoms with Crippen LogP contribution in [0.3, 0.4) is 0 Å². The molecule has 17 heavy (non-hydrogen) atoms. The number of hydrogen-bond acceptors (Lipinski definition) is 3. The molecular weight excluding hydrogens is 280 g/mol. The summed E-state index contributed by atoms with van der Waals surface area (Å²) in [5.41, 5.74) is 2.54. The average Bonchev–Trinajstić information content (AvgIpc) is 2.71. The first-order valence-corrected chi connectivity index (χ1v) is 6.05. The van der Waals surface area contributed by atoms with Crippen LogP contribution in [0.25, 0.3) is 11.2 Å². The number of aromatic nitrogens is 2. The fourth-order valence-corrected chi connectivity index (χ4v) is 2.00. The lowest BCUT2D eigenvalue weighted by atomic mass is 10.2. The lowest BCUT2D eigenvalue weighted by Crippen LogP contribution is -1.86. The molecule has 0 N–H and O–H groups in total. The second-order valence-electron chi connectivity index (χ2n) is 3.75. The largest absolute Gasteiger partial charge is 0.439 e. The predicted octanol–water partition coefficient (Wildman–Crippen LogP) is 3.58. The van der Waals surface area contributed by atoms with E-state index in [0.29, 0.717) is 23.5 Å². The van der Waals surface area contributed by atoms with Gasteiger partial charge in [-0.15, -0.1) is 0 Å². The van der Waals surface area contributed by atoms with Crippen LogP contribution < -0.4 is 0 Å². The Bertz CT molecular complexity index is 649. The number of benzene rings is 1. The summed E-state index contributed by atoms with van der Waals surface area (Å²) in [6, 6.07) is 12.0. The summed E-state index contributed by atoms with van der Waals surface area (Å²) in [6.45, 7) is 0. The van der Waals surface area contributed by atoms with Crippen LogP contribution >= 0.6 is 15.9 Å². The Morgan fingerprint density at radius 1 is 1.18 bits per heavy atom. The highest BCUT2D eigenvalue weighted by Gasteiger charge is 2.07. The molecule has 1 aromatic carbocycles. The summed E-state index contributed by atoms with van der Waals surface area (Å²) in [7, 11) is 0. The molecule has 0 aliphatic rings. The van der Waals surface area contributed by atoms with Crippen LogP contribution in [-0.2, 0) is 6.42 Å². The normalized spacial score (nSPS) is 10.9. The van der Waals surface area contributed by atoms with Gasteiger partial charge in [0.1, 0.15) is 0 Å².